The maximum absolute atomic E-state index is 12.7. The molecule has 0 aliphatic heterocycles. The van der Waals surface area contributed by atoms with E-state index in [4.69, 9.17) is 0 Å². The molecule has 90 valence electrons. The van der Waals surface area contributed by atoms with Crippen LogP contribution in [-0.2, 0) is 6.54 Å². The van der Waals surface area contributed by atoms with E-state index in [1.807, 2.05) is 16.9 Å². The summed E-state index contributed by atoms with van der Waals surface area (Å²) in [7, 11) is 0. The molecule has 1 aromatic carbocycles. The van der Waals surface area contributed by atoms with Gasteiger partial charge in [0.25, 0.3) is 0 Å². The second-order valence-electron chi connectivity index (χ2n) is 4.24. The van der Waals surface area contributed by atoms with Crippen molar-refractivity contribution in [2.45, 2.75) is 26.4 Å². The molecule has 1 aromatic heterocycles. The Morgan fingerprint density at radius 1 is 1.24 bits per heavy atom. The van der Waals surface area contributed by atoms with Crippen LogP contribution in [0.3, 0.4) is 0 Å². The zero-order valence-corrected chi connectivity index (χ0v) is 10.0. The van der Waals surface area contributed by atoms with Gasteiger partial charge in [0.05, 0.1) is 12.2 Å². The first-order chi connectivity index (χ1) is 8.15. The van der Waals surface area contributed by atoms with E-state index in [9.17, 15) is 4.39 Å². The van der Waals surface area contributed by atoms with Crippen molar-refractivity contribution in [1.82, 2.24) is 9.78 Å². The molecular weight excluding hydrogens is 217 g/mol. The molecular formula is C13H16FN3. The van der Waals surface area contributed by atoms with Crippen LogP contribution in [-0.4, -0.2) is 9.78 Å². The summed E-state index contributed by atoms with van der Waals surface area (Å²) in [6.07, 6.45) is 1.96. The lowest BCUT2D eigenvalue weighted by molar-refractivity contribution is 0.527. The van der Waals surface area contributed by atoms with Gasteiger partial charge >= 0.3 is 0 Å². The van der Waals surface area contributed by atoms with Gasteiger partial charge in [-0.1, -0.05) is 0 Å². The number of rotatable bonds is 4. The fourth-order valence-corrected chi connectivity index (χ4v) is 1.52. The van der Waals surface area contributed by atoms with Crippen molar-refractivity contribution >= 4 is 5.69 Å². The first kappa shape index (κ1) is 11.6. The highest BCUT2D eigenvalue weighted by Gasteiger charge is 2.01. The normalized spacial score (nSPS) is 10.8. The number of nitrogens with one attached hydrogen (secondary N) is 1. The fraction of sp³-hybridized carbons (Fsp3) is 0.308. The first-order valence-electron chi connectivity index (χ1n) is 5.68. The van der Waals surface area contributed by atoms with Crippen molar-refractivity contribution in [2.75, 3.05) is 5.32 Å². The number of aromatic nitrogens is 2. The van der Waals surface area contributed by atoms with E-state index in [-0.39, 0.29) is 5.82 Å². The van der Waals surface area contributed by atoms with E-state index in [0.717, 1.165) is 11.4 Å². The van der Waals surface area contributed by atoms with Crippen LogP contribution in [0.25, 0.3) is 0 Å². The van der Waals surface area contributed by atoms with Crippen molar-refractivity contribution in [3.63, 3.8) is 0 Å². The molecule has 0 unspecified atom stereocenters. The highest BCUT2D eigenvalue weighted by atomic mass is 19.1. The smallest absolute Gasteiger partial charge is 0.123 e. The van der Waals surface area contributed by atoms with Gasteiger partial charge in [0.15, 0.2) is 0 Å². The number of halogens is 1. The van der Waals surface area contributed by atoms with Gasteiger partial charge < -0.3 is 5.32 Å². The minimum absolute atomic E-state index is 0.223. The third-order valence-electron chi connectivity index (χ3n) is 2.51. The number of hydrogen-bond donors (Lipinski definition) is 1. The van der Waals surface area contributed by atoms with E-state index in [1.54, 1.807) is 12.1 Å². The lowest BCUT2D eigenvalue weighted by atomic mass is 10.3. The van der Waals surface area contributed by atoms with Crippen LogP contribution in [0.4, 0.5) is 10.1 Å². The number of nitrogens with zero attached hydrogens (tertiary/aromatic N) is 2. The molecule has 3 nitrogen and oxygen atoms in total. The Morgan fingerprint density at radius 2 is 1.94 bits per heavy atom. The summed E-state index contributed by atoms with van der Waals surface area (Å²) in [6.45, 7) is 4.82. The van der Waals surface area contributed by atoms with Gasteiger partial charge in [-0.3, -0.25) is 4.68 Å². The largest absolute Gasteiger partial charge is 0.379 e. The van der Waals surface area contributed by atoms with Crippen molar-refractivity contribution in [2.24, 2.45) is 0 Å². The first-order valence-corrected chi connectivity index (χ1v) is 5.68. The summed E-state index contributed by atoms with van der Waals surface area (Å²) in [5.74, 6) is -0.223. The third-order valence-corrected chi connectivity index (χ3v) is 2.51. The molecule has 0 saturated heterocycles. The lowest BCUT2D eigenvalue weighted by Crippen LogP contribution is -2.04. The molecule has 2 rings (SSSR count). The molecule has 0 aliphatic rings. The summed E-state index contributed by atoms with van der Waals surface area (Å²) in [6, 6.07) is 8.67. The summed E-state index contributed by atoms with van der Waals surface area (Å²) in [4.78, 5) is 0. The van der Waals surface area contributed by atoms with E-state index >= 15 is 0 Å². The van der Waals surface area contributed by atoms with Crippen LogP contribution < -0.4 is 5.32 Å². The molecule has 0 aliphatic carbocycles. The zero-order valence-electron chi connectivity index (χ0n) is 10.0. The Bertz CT molecular complexity index is 474. The molecule has 0 spiro atoms. The minimum atomic E-state index is -0.223. The predicted molar refractivity (Wildman–Crippen MR) is 66.3 cm³/mol. The second-order valence-corrected chi connectivity index (χ2v) is 4.24. The number of anilines is 1. The van der Waals surface area contributed by atoms with Crippen LogP contribution in [0.2, 0.25) is 0 Å². The Kier molecular flexibility index (Phi) is 3.42. The maximum atomic E-state index is 12.7. The van der Waals surface area contributed by atoms with Crippen LogP contribution in [0.1, 0.15) is 25.6 Å². The molecule has 1 N–H and O–H groups in total. The van der Waals surface area contributed by atoms with Gasteiger partial charge in [0, 0.05) is 17.9 Å². The lowest BCUT2D eigenvalue weighted by Gasteiger charge is -2.05. The van der Waals surface area contributed by atoms with Gasteiger partial charge in [-0.2, -0.15) is 5.10 Å². The Balaban J connectivity index is 1.95. The minimum Gasteiger partial charge on any atom is -0.379 e. The molecule has 2 aromatic rings. The Hall–Kier alpha value is -1.84. The maximum Gasteiger partial charge on any atom is 0.123 e. The molecule has 4 heteroatoms. The van der Waals surface area contributed by atoms with E-state index in [0.29, 0.717) is 12.6 Å². The second kappa shape index (κ2) is 4.99. The number of hydrogen-bond acceptors (Lipinski definition) is 2. The van der Waals surface area contributed by atoms with Crippen LogP contribution in [0.5, 0.6) is 0 Å². The molecule has 17 heavy (non-hydrogen) atoms. The van der Waals surface area contributed by atoms with Gasteiger partial charge in [-0.05, 0) is 44.2 Å². The molecule has 0 bridgehead atoms. The fourth-order valence-electron chi connectivity index (χ4n) is 1.52. The molecule has 0 amide bonds. The monoisotopic (exact) mass is 233 g/mol. The van der Waals surface area contributed by atoms with Crippen molar-refractivity contribution < 1.29 is 4.39 Å². The quantitative estimate of drug-likeness (QED) is 0.878. The summed E-state index contributed by atoms with van der Waals surface area (Å²) >= 11 is 0. The van der Waals surface area contributed by atoms with Gasteiger partial charge in [0.1, 0.15) is 5.82 Å². The van der Waals surface area contributed by atoms with Gasteiger partial charge in [0.2, 0.25) is 0 Å². The summed E-state index contributed by atoms with van der Waals surface area (Å²) in [5.41, 5.74) is 1.87. The van der Waals surface area contributed by atoms with E-state index < -0.39 is 0 Å². The van der Waals surface area contributed by atoms with Crippen LogP contribution >= 0.6 is 0 Å². The topological polar surface area (TPSA) is 29.9 Å². The van der Waals surface area contributed by atoms with E-state index in [1.165, 1.54) is 12.1 Å². The zero-order chi connectivity index (χ0) is 12.3. The standard InChI is InChI=1S/C13H16FN3/c1-10(2)17-8-7-13(16-17)9-15-12-5-3-11(14)4-6-12/h3-8,10,15H,9H2,1-2H3. The average molecular weight is 233 g/mol. The number of benzene rings is 1. The molecule has 0 fully saturated rings. The average Bonchev–Trinajstić information content (AvgIpc) is 2.77. The van der Waals surface area contributed by atoms with Crippen LogP contribution in [0.15, 0.2) is 36.5 Å². The summed E-state index contributed by atoms with van der Waals surface area (Å²) in [5, 5.41) is 7.62. The molecule has 1 heterocycles. The SMILES string of the molecule is CC(C)n1ccc(CNc2ccc(F)cc2)n1. The predicted octanol–water partition coefficient (Wildman–Crippen LogP) is 3.22. The van der Waals surface area contributed by atoms with Gasteiger partial charge in [-0.25, -0.2) is 4.39 Å². The van der Waals surface area contributed by atoms with Crippen molar-refractivity contribution in [1.29, 1.82) is 0 Å². The molecule has 0 atom stereocenters. The third kappa shape index (κ3) is 3.06. The highest BCUT2D eigenvalue weighted by molar-refractivity contribution is 5.42. The van der Waals surface area contributed by atoms with Gasteiger partial charge in [-0.15, -0.1) is 0 Å². The highest BCUT2D eigenvalue weighted by Crippen LogP contribution is 2.10. The summed E-state index contributed by atoms with van der Waals surface area (Å²) < 4.78 is 14.6. The Morgan fingerprint density at radius 3 is 2.53 bits per heavy atom. The van der Waals surface area contributed by atoms with Crippen molar-refractivity contribution in [3.05, 3.63) is 48.0 Å². The van der Waals surface area contributed by atoms with E-state index in [2.05, 4.69) is 24.3 Å². The Labute approximate surface area is 100 Å². The molecule has 0 saturated carbocycles. The molecule has 0 radical (unpaired) electrons. The van der Waals surface area contributed by atoms with Crippen molar-refractivity contribution in [3.8, 4) is 0 Å². The van der Waals surface area contributed by atoms with Crippen LogP contribution in [0, 0.1) is 5.82 Å².